The molecule has 8 nitrogen and oxygen atoms in total. The van der Waals surface area contributed by atoms with Gasteiger partial charge in [-0.2, -0.15) is 16.7 Å². The number of methoxy groups -OCH3 is 2. The molecule has 37 heavy (non-hydrogen) atoms. The zero-order valence-corrected chi connectivity index (χ0v) is 22.1. The minimum atomic E-state index is -0.164. The van der Waals surface area contributed by atoms with Crippen molar-refractivity contribution >= 4 is 17.7 Å². The second-order valence-electron chi connectivity index (χ2n) is 8.94. The van der Waals surface area contributed by atoms with Gasteiger partial charge in [-0.25, -0.2) is 4.39 Å². The summed E-state index contributed by atoms with van der Waals surface area (Å²) in [6.45, 7) is 2.65. The average Bonchev–Trinajstić information content (AvgIpc) is 3.39. The van der Waals surface area contributed by atoms with Gasteiger partial charge in [-0.15, -0.1) is 0 Å². The summed E-state index contributed by atoms with van der Waals surface area (Å²) in [6, 6.07) is 12.3. The van der Waals surface area contributed by atoms with Crippen LogP contribution in [0, 0.1) is 11.7 Å². The molecular formula is C27H33FN4O4S. The number of halogens is 1. The lowest BCUT2D eigenvalue weighted by Crippen LogP contribution is -2.43. The van der Waals surface area contributed by atoms with Gasteiger partial charge in [-0.05, 0) is 61.4 Å². The van der Waals surface area contributed by atoms with E-state index in [4.69, 9.17) is 14.0 Å². The van der Waals surface area contributed by atoms with Gasteiger partial charge in [0.1, 0.15) is 5.82 Å². The first-order chi connectivity index (χ1) is 18.1. The van der Waals surface area contributed by atoms with Gasteiger partial charge in [0, 0.05) is 24.4 Å². The summed E-state index contributed by atoms with van der Waals surface area (Å²) < 4.78 is 29.8. The van der Waals surface area contributed by atoms with E-state index in [9.17, 15) is 9.18 Å². The highest BCUT2D eigenvalue weighted by atomic mass is 32.2. The average molecular weight is 529 g/mol. The molecule has 4 rings (SSSR count). The molecule has 10 heteroatoms. The van der Waals surface area contributed by atoms with Gasteiger partial charge in [0.15, 0.2) is 11.5 Å². The Labute approximate surface area is 220 Å². The number of likely N-dealkylation sites (tertiary alicyclic amines) is 1. The number of rotatable bonds is 12. The first-order valence-electron chi connectivity index (χ1n) is 12.4. The normalized spacial score (nSPS) is 15.9. The highest BCUT2D eigenvalue weighted by Gasteiger charge is 2.26. The van der Waals surface area contributed by atoms with Crippen LogP contribution in [0.4, 0.5) is 4.39 Å². The Bertz CT molecular complexity index is 1170. The summed E-state index contributed by atoms with van der Waals surface area (Å²) in [5.74, 6) is 3.59. The number of nitrogens with zero attached hydrogens (tertiary/aromatic N) is 3. The van der Waals surface area contributed by atoms with E-state index >= 15 is 0 Å². The number of amides is 1. The van der Waals surface area contributed by atoms with E-state index in [1.807, 2.05) is 24.3 Å². The van der Waals surface area contributed by atoms with E-state index in [-0.39, 0.29) is 17.6 Å². The van der Waals surface area contributed by atoms with Crippen molar-refractivity contribution in [1.82, 2.24) is 20.4 Å². The summed E-state index contributed by atoms with van der Waals surface area (Å²) >= 11 is 1.68. The Balaban J connectivity index is 1.20. The number of thioether (sulfide) groups is 1. The highest BCUT2D eigenvalue weighted by Crippen LogP contribution is 2.31. The monoisotopic (exact) mass is 528 g/mol. The third kappa shape index (κ3) is 7.45. The molecule has 1 amide bonds. The molecule has 1 aliphatic rings. The van der Waals surface area contributed by atoms with Crippen LogP contribution in [-0.4, -0.2) is 60.6 Å². The van der Waals surface area contributed by atoms with E-state index < -0.39 is 0 Å². The molecule has 0 saturated carbocycles. The maximum Gasteiger partial charge on any atom is 0.241 e. The van der Waals surface area contributed by atoms with E-state index in [1.165, 1.54) is 6.07 Å². The molecule has 0 spiro atoms. The molecular weight excluding hydrogens is 495 g/mol. The van der Waals surface area contributed by atoms with Crippen LogP contribution in [0.1, 0.15) is 30.7 Å². The van der Waals surface area contributed by atoms with Crippen molar-refractivity contribution in [1.29, 1.82) is 0 Å². The van der Waals surface area contributed by atoms with Gasteiger partial charge in [0.2, 0.25) is 17.6 Å². The number of carbonyl (C=O) groups is 1. The molecule has 198 valence electrons. The number of ether oxygens (including phenoxy) is 2. The summed E-state index contributed by atoms with van der Waals surface area (Å²) in [6.07, 6.45) is 2.65. The lowest BCUT2D eigenvalue weighted by atomic mass is 9.97. The Morgan fingerprint density at radius 1 is 1.22 bits per heavy atom. The predicted molar refractivity (Wildman–Crippen MR) is 141 cm³/mol. The van der Waals surface area contributed by atoms with E-state index in [0.29, 0.717) is 48.6 Å². The number of hydrogen-bond acceptors (Lipinski definition) is 8. The number of piperidine rings is 1. The van der Waals surface area contributed by atoms with E-state index in [0.717, 1.165) is 42.7 Å². The summed E-state index contributed by atoms with van der Waals surface area (Å²) in [4.78, 5) is 19.5. The van der Waals surface area contributed by atoms with Crippen molar-refractivity contribution in [2.45, 2.75) is 31.6 Å². The fourth-order valence-electron chi connectivity index (χ4n) is 4.34. The number of carbonyl (C=O) groups excluding carboxylic acids is 1. The van der Waals surface area contributed by atoms with Gasteiger partial charge in [0.25, 0.3) is 0 Å². The van der Waals surface area contributed by atoms with E-state index in [2.05, 4.69) is 20.4 Å². The third-order valence-corrected chi connectivity index (χ3v) is 7.42. The second kappa shape index (κ2) is 13.4. The maximum atomic E-state index is 13.7. The first-order valence-corrected chi connectivity index (χ1v) is 13.6. The molecule has 1 saturated heterocycles. The Morgan fingerprint density at radius 2 is 2.05 bits per heavy atom. The lowest BCUT2D eigenvalue weighted by Gasteiger charge is -2.30. The molecule has 0 bridgehead atoms. The van der Waals surface area contributed by atoms with Crippen LogP contribution >= 0.6 is 11.8 Å². The van der Waals surface area contributed by atoms with E-state index in [1.54, 1.807) is 38.1 Å². The molecule has 1 aliphatic heterocycles. The number of benzene rings is 2. The van der Waals surface area contributed by atoms with Crippen molar-refractivity contribution in [2.75, 3.05) is 39.6 Å². The van der Waals surface area contributed by atoms with Gasteiger partial charge in [-0.3, -0.25) is 9.69 Å². The van der Waals surface area contributed by atoms with Crippen LogP contribution in [0.2, 0.25) is 0 Å². The van der Waals surface area contributed by atoms with Crippen molar-refractivity contribution in [3.63, 3.8) is 0 Å². The third-order valence-electron chi connectivity index (χ3n) is 6.33. The minimum absolute atomic E-state index is 0.0620. The Kier molecular flexibility index (Phi) is 9.78. The topological polar surface area (TPSA) is 89.7 Å². The van der Waals surface area contributed by atoms with Crippen LogP contribution in [0.5, 0.6) is 11.5 Å². The zero-order valence-electron chi connectivity index (χ0n) is 21.2. The molecule has 1 N–H and O–H groups in total. The first kappa shape index (κ1) is 26.9. The summed E-state index contributed by atoms with van der Waals surface area (Å²) in [5, 5.41) is 7.18. The molecule has 0 aliphatic carbocycles. The number of nitrogens with one attached hydrogen (secondary N) is 1. The standard InChI is InChI=1S/C27H33FN4O4S/c1-34-23-11-10-19(15-24(23)35-2)26-30-25(36-31-26)17-32-13-5-8-20(16-32)27(33)29-12-6-14-37-18-21-7-3-4-9-22(21)28/h3-4,7,9-11,15,20H,5-6,8,12-14,16-18H2,1-2H3,(H,29,33). The fourth-order valence-corrected chi connectivity index (χ4v) is 5.29. The molecule has 2 heterocycles. The highest BCUT2D eigenvalue weighted by molar-refractivity contribution is 7.98. The van der Waals surface area contributed by atoms with Crippen LogP contribution in [-0.2, 0) is 17.1 Å². The molecule has 2 aromatic carbocycles. The van der Waals surface area contributed by atoms with Crippen LogP contribution in [0.25, 0.3) is 11.4 Å². The summed E-state index contributed by atoms with van der Waals surface area (Å²) in [5.41, 5.74) is 1.49. The van der Waals surface area contributed by atoms with Crippen LogP contribution < -0.4 is 14.8 Å². The van der Waals surface area contributed by atoms with Crippen molar-refractivity contribution in [3.8, 4) is 22.9 Å². The number of aromatic nitrogens is 2. The molecule has 3 aromatic rings. The number of hydrogen-bond donors (Lipinski definition) is 1. The smallest absolute Gasteiger partial charge is 0.241 e. The lowest BCUT2D eigenvalue weighted by molar-refractivity contribution is -0.126. The van der Waals surface area contributed by atoms with Crippen molar-refractivity contribution in [2.24, 2.45) is 5.92 Å². The molecule has 1 aromatic heterocycles. The molecule has 0 radical (unpaired) electrons. The minimum Gasteiger partial charge on any atom is -0.493 e. The SMILES string of the molecule is COc1ccc(-c2noc(CN3CCCC(C(=O)NCCCSCc4ccccc4F)C3)n2)cc1OC. The van der Waals surface area contributed by atoms with Crippen molar-refractivity contribution < 1.29 is 23.2 Å². The quantitative estimate of drug-likeness (QED) is 0.343. The maximum absolute atomic E-state index is 13.7. The van der Waals surface area contributed by atoms with Crippen LogP contribution in [0.15, 0.2) is 47.0 Å². The van der Waals surface area contributed by atoms with Crippen molar-refractivity contribution in [3.05, 3.63) is 59.7 Å². The zero-order chi connectivity index (χ0) is 26.0. The molecule has 1 unspecified atom stereocenters. The second-order valence-corrected chi connectivity index (χ2v) is 10.0. The summed E-state index contributed by atoms with van der Waals surface area (Å²) in [7, 11) is 3.17. The predicted octanol–water partition coefficient (Wildman–Crippen LogP) is 4.54. The van der Waals surface area contributed by atoms with Crippen LogP contribution in [0.3, 0.4) is 0 Å². The fraction of sp³-hybridized carbons (Fsp3) is 0.444. The van der Waals surface area contributed by atoms with Gasteiger partial charge < -0.3 is 19.3 Å². The Hall–Kier alpha value is -3.11. The molecule has 1 fully saturated rings. The van der Waals surface area contributed by atoms with Gasteiger partial charge >= 0.3 is 0 Å². The van der Waals surface area contributed by atoms with Gasteiger partial charge in [0.05, 0.1) is 26.7 Å². The molecule has 1 atom stereocenters. The Morgan fingerprint density at radius 3 is 2.86 bits per heavy atom. The largest absolute Gasteiger partial charge is 0.493 e. The van der Waals surface area contributed by atoms with Gasteiger partial charge in [-0.1, -0.05) is 23.4 Å².